The highest BCUT2D eigenvalue weighted by molar-refractivity contribution is 6.30. The second-order valence-corrected chi connectivity index (χ2v) is 9.59. The number of aryl methyl sites for hydroxylation is 2. The maximum atomic E-state index is 13.6. The van der Waals surface area contributed by atoms with E-state index in [0.29, 0.717) is 34.8 Å². The van der Waals surface area contributed by atoms with Crippen LogP contribution in [-0.4, -0.2) is 42.1 Å². The van der Waals surface area contributed by atoms with E-state index < -0.39 is 5.97 Å². The molecule has 0 aliphatic carbocycles. The van der Waals surface area contributed by atoms with Crippen LogP contribution in [-0.2, 0) is 20.7 Å². The molecule has 1 aliphatic rings. The molecule has 0 fully saturated rings. The molecule has 192 valence electrons. The van der Waals surface area contributed by atoms with Crippen LogP contribution in [0, 0.1) is 20.8 Å². The van der Waals surface area contributed by atoms with Crippen LogP contribution in [0.15, 0.2) is 65.4 Å². The Hall–Kier alpha value is -3.77. The lowest BCUT2D eigenvalue weighted by atomic mass is 10.0. The summed E-state index contributed by atoms with van der Waals surface area (Å²) < 4.78 is 12.4. The van der Waals surface area contributed by atoms with Crippen molar-refractivity contribution >= 4 is 29.6 Å². The quantitative estimate of drug-likeness (QED) is 0.285. The molecule has 4 rings (SSSR count). The third-order valence-electron chi connectivity index (χ3n) is 6.87. The zero-order chi connectivity index (χ0) is 26.9. The van der Waals surface area contributed by atoms with Crippen LogP contribution < -0.4 is 4.74 Å². The minimum atomic E-state index is -0.524. The van der Waals surface area contributed by atoms with E-state index in [-0.39, 0.29) is 5.91 Å². The first-order valence-electron chi connectivity index (χ1n) is 12.1. The molecule has 0 unspecified atom stereocenters. The molecule has 1 aromatic heterocycles. The van der Waals surface area contributed by atoms with Crippen molar-refractivity contribution in [1.29, 1.82) is 0 Å². The maximum Gasteiger partial charge on any atom is 0.340 e. The van der Waals surface area contributed by atoms with Gasteiger partial charge in [0.05, 0.1) is 25.4 Å². The van der Waals surface area contributed by atoms with Gasteiger partial charge in [-0.1, -0.05) is 29.8 Å². The van der Waals surface area contributed by atoms with Crippen LogP contribution in [0.3, 0.4) is 0 Å². The molecule has 1 aliphatic heterocycles. The van der Waals surface area contributed by atoms with E-state index in [1.807, 2.05) is 69.3 Å². The summed E-state index contributed by atoms with van der Waals surface area (Å²) >= 11 is 6.29. The van der Waals surface area contributed by atoms with Gasteiger partial charge in [-0.25, -0.2) is 4.79 Å². The van der Waals surface area contributed by atoms with Gasteiger partial charge in [0.2, 0.25) is 0 Å². The molecule has 2 heterocycles. The van der Waals surface area contributed by atoms with Crippen LogP contribution in [0.1, 0.15) is 35.0 Å². The zero-order valence-electron chi connectivity index (χ0n) is 22.0. The number of nitrogens with zero attached hydrogens (tertiary/aromatic N) is 2. The average Bonchev–Trinajstić information content (AvgIpc) is 3.29. The minimum Gasteiger partial charge on any atom is -0.497 e. The number of aromatic nitrogens is 1. The highest BCUT2D eigenvalue weighted by atomic mass is 35.5. The average molecular weight is 519 g/mol. The fraction of sp³-hybridized carbons (Fsp3) is 0.267. The molecule has 0 spiro atoms. The number of rotatable bonds is 7. The van der Waals surface area contributed by atoms with Crippen molar-refractivity contribution in [2.75, 3.05) is 20.8 Å². The Labute approximate surface area is 222 Å². The number of hydrogen-bond donors (Lipinski definition) is 0. The largest absolute Gasteiger partial charge is 0.497 e. The number of carbonyl (C=O) groups excluding carboxylic acids is 2. The molecule has 3 aromatic rings. The number of esters is 1. The number of methoxy groups -OCH3 is 2. The molecule has 0 bridgehead atoms. The molecule has 37 heavy (non-hydrogen) atoms. The number of amides is 1. The molecule has 0 radical (unpaired) electrons. The molecule has 1 amide bonds. The number of carbonyl (C=O) groups is 2. The summed E-state index contributed by atoms with van der Waals surface area (Å²) in [4.78, 5) is 28.1. The summed E-state index contributed by atoms with van der Waals surface area (Å²) in [5.74, 6) is 0.0412. The molecule has 0 saturated heterocycles. The molecule has 0 atom stereocenters. The van der Waals surface area contributed by atoms with E-state index in [2.05, 4.69) is 4.57 Å². The number of benzene rings is 2. The SMILES string of the molecule is COC(=O)C1=C(C)N(CCc2ccc(OC)cc2)C(=O)/C1=C\c1cc(C)n(-c2cc(Cl)ccc2C)c1C. The summed E-state index contributed by atoms with van der Waals surface area (Å²) in [6, 6.07) is 15.5. The lowest BCUT2D eigenvalue weighted by Gasteiger charge is -2.18. The van der Waals surface area contributed by atoms with Gasteiger partial charge in [0.25, 0.3) is 5.91 Å². The Morgan fingerprint density at radius 3 is 2.35 bits per heavy atom. The summed E-state index contributed by atoms with van der Waals surface area (Å²) in [7, 11) is 2.96. The van der Waals surface area contributed by atoms with Crippen LogP contribution in [0.5, 0.6) is 5.75 Å². The van der Waals surface area contributed by atoms with E-state index in [9.17, 15) is 9.59 Å². The van der Waals surface area contributed by atoms with Crippen molar-refractivity contribution in [3.63, 3.8) is 0 Å². The maximum absolute atomic E-state index is 13.6. The van der Waals surface area contributed by atoms with E-state index in [1.54, 1.807) is 25.0 Å². The van der Waals surface area contributed by atoms with E-state index in [4.69, 9.17) is 21.1 Å². The summed E-state index contributed by atoms with van der Waals surface area (Å²) in [6.07, 6.45) is 2.43. The zero-order valence-corrected chi connectivity index (χ0v) is 22.8. The fourth-order valence-corrected chi connectivity index (χ4v) is 4.98. The number of halogens is 1. The van der Waals surface area contributed by atoms with Gasteiger partial charge in [0.15, 0.2) is 0 Å². The van der Waals surface area contributed by atoms with Gasteiger partial charge < -0.3 is 18.9 Å². The van der Waals surface area contributed by atoms with Crippen molar-refractivity contribution in [3.05, 3.63) is 98.5 Å². The van der Waals surface area contributed by atoms with Crippen molar-refractivity contribution in [3.8, 4) is 11.4 Å². The number of allylic oxidation sites excluding steroid dienone is 1. The minimum absolute atomic E-state index is 0.213. The van der Waals surface area contributed by atoms with Crippen molar-refractivity contribution < 1.29 is 19.1 Å². The summed E-state index contributed by atoms with van der Waals surface area (Å²) in [5, 5.41) is 0.651. The van der Waals surface area contributed by atoms with Crippen molar-refractivity contribution in [2.45, 2.75) is 34.1 Å². The van der Waals surface area contributed by atoms with Gasteiger partial charge in [-0.15, -0.1) is 0 Å². The summed E-state index contributed by atoms with van der Waals surface area (Å²) in [6.45, 7) is 8.27. The molecule has 2 aromatic carbocycles. The smallest absolute Gasteiger partial charge is 0.340 e. The normalized spacial score (nSPS) is 14.6. The third kappa shape index (κ3) is 5.07. The molecule has 6 nitrogen and oxygen atoms in total. The predicted octanol–water partition coefficient (Wildman–Crippen LogP) is 5.98. The lowest BCUT2D eigenvalue weighted by Crippen LogP contribution is -2.27. The van der Waals surface area contributed by atoms with Crippen LogP contribution in [0.25, 0.3) is 11.8 Å². The van der Waals surface area contributed by atoms with Crippen molar-refractivity contribution in [2.24, 2.45) is 0 Å². The first-order valence-corrected chi connectivity index (χ1v) is 12.5. The Kier molecular flexibility index (Phi) is 7.60. The first-order chi connectivity index (χ1) is 17.7. The number of ether oxygens (including phenoxy) is 2. The monoisotopic (exact) mass is 518 g/mol. The topological polar surface area (TPSA) is 60.8 Å². The highest BCUT2D eigenvalue weighted by Crippen LogP contribution is 2.34. The predicted molar refractivity (Wildman–Crippen MR) is 146 cm³/mol. The van der Waals surface area contributed by atoms with Crippen LogP contribution >= 0.6 is 11.6 Å². The molecule has 7 heteroatoms. The molecule has 0 N–H and O–H groups in total. The number of hydrogen-bond acceptors (Lipinski definition) is 4. The fourth-order valence-electron chi connectivity index (χ4n) is 4.81. The van der Waals surface area contributed by atoms with Gasteiger partial charge in [-0.3, -0.25) is 4.79 Å². The highest BCUT2D eigenvalue weighted by Gasteiger charge is 2.37. The second kappa shape index (κ2) is 10.7. The van der Waals surface area contributed by atoms with E-state index in [0.717, 1.165) is 39.5 Å². The van der Waals surface area contributed by atoms with Gasteiger partial charge in [-0.05, 0) is 87.2 Å². The lowest BCUT2D eigenvalue weighted by molar-refractivity contribution is -0.136. The van der Waals surface area contributed by atoms with Crippen molar-refractivity contribution in [1.82, 2.24) is 9.47 Å². The summed E-state index contributed by atoms with van der Waals surface area (Å²) in [5.41, 5.74) is 7.15. The Morgan fingerprint density at radius 1 is 1.00 bits per heavy atom. The second-order valence-electron chi connectivity index (χ2n) is 9.16. The van der Waals surface area contributed by atoms with Gasteiger partial charge in [0, 0.05) is 34.3 Å². The van der Waals surface area contributed by atoms with Crippen LogP contribution in [0.2, 0.25) is 5.02 Å². The molecular formula is C30H31ClN2O4. The Balaban J connectivity index is 1.71. The van der Waals surface area contributed by atoms with E-state index >= 15 is 0 Å². The van der Waals surface area contributed by atoms with Gasteiger partial charge in [-0.2, -0.15) is 0 Å². The van der Waals surface area contributed by atoms with Crippen LogP contribution in [0.4, 0.5) is 0 Å². The molecular weight excluding hydrogens is 488 g/mol. The Morgan fingerprint density at radius 2 is 1.70 bits per heavy atom. The third-order valence-corrected chi connectivity index (χ3v) is 7.10. The standard InChI is InChI=1S/C30H31ClN2O4/c1-18-7-10-24(31)17-27(18)33-19(2)15-23(20(33)3)16-26-28(30(35)37-6)21(4)32(29(26)34)14-13-22-8-11-25(36-5)12-9-22/h7-12,15-17H,13-14H2,1-6H3/b26-16-. The van der Waals surface area contributed by atoms with Gasteiger partial charge in [0.1, 0.15) is 5.75 Å². The van der Waals surface area contributed by atoms with E-state index in [1.165, 1.54) is 7.11 Å². The Bertz CT molecular complexity index is 1430. The van der Waals surface area contributed by atoms with Gasteiger partial charge >= 0.3 is 5.97 Å². The molecule has 0 saturated carbocycles. The first kappa shape index (κ1) is 26.3.